The van der Waals surface area contributed by atoms with E-state index in [1.54, 1.807) is 0 Å². The Balaban J connectivity index is 2.05. The zero-order valence-corrected chi connectivity index (χ0v) is 12.2. The summed E-state index contributed by atoms with van der Waals surface area (Å²) in [5.41, 5.74) is 1.41. The maximum atomic E-state index is 11.4. The predicted octanol–water partition coefficient (Wildman–Crippen LogP) is 3.06. The molecule has 0 bridgehead atoms. The predicted molar refractivity (Wildman–Crippen MR) is 78.4 cm³/mol. The summed E-state index contributed by atoms with van der Waals surface area (Å²) in [6, 6.07) is 10.5. The van der Waals surface area contributed by atoms with Crippen molar-refractivity contribution >= 4 is 5.97 Å². The fraction of sp³-hybridized carbons (Fsp3) is 0.588. The molecule has 1 saturated carbocycles. The van der Waals surface area contributed by atoms with Crippen LogP contribution in [0.2, 0.25) is 0 Å². The summed E-state index contributed by atoms with van der Waals surface area (Å²) in [6.07, 6.45) is 5.48. The average molecular weight is 276 g/mol. The summed E-state index contributed by atoms with van der Waals surface area (Å²) in [5, 5.41) is 9.42. The van der Waals surface area contributed by atoms with Gasteiger partial charge in [-0.15, -0.1) is 0 Å². The quantitative estimate of drug-likeness (QED) is 0.841. The highest BCUT2D eigenvalue weighted by atomic mass is 16.5. The molecule has 1 aromatic rings. The third-order valence-electron chi connectivity index (χ3n) is 4.72. The SMILES string of the molecule is COC(=O)CC1CCC(CCO)(c2ccccc2)CC1. The Labute approximate surface area is 121 Å². The molecule has 0 heterocycles. The van der Waals surface area contributed by atoms with Gasteiger partial charge in [-0.1, -0.05) is 30.3 Å². The summed E-state index contributed by atoms with van der Waals surface area (Å²) in [7, 11) is 1.45. The van der Waals surface area contributed by atoms with Crippen LogP contribution in [-0.4, -0.2) is 24.8 Å². The zero-order valence-electron chi connectivity index (χ0n) is 12.2. The van der Waals surface area contributed by atoms with Gasteiger partial charge < -0.3 is 9.84 Å². The highest BCUT2D eigenvalue weighted by Crippen LogP contribution is 2.44. The lowest BCUT2D eigenvalue weighted by atomic mass is 9.64. The van der Waals surface area contributed by atoms with Gasteiger partial charge >= 0.3 is 5.97 Å². The summed E-state index contributed by atoms with van der Waals surface area (Å²) in [6.45, 7) is 0.219. The molecular formula is C17H24O3. The van der Waals surface area contributed by atoms with E-state index in [2.05, 4.69) is 24.3 Å². The van der Waals surface area contributed by atoms with Gasteiger partial charge in [-0.3, -0.25) is 4.79 Å². The molecule has 0 radical (unpaired) electrons. The van der Waals surface area contributed by atoms with Crippen LogP contribution in [-0.2, 0) is 14.9 Å². The van der Waals surface area contributed by atoms with Gasteiger partial charge in [0.05, 0.1) is 7.11 Å². The van der Waals surface area contributed by atoms with Crippen LogP contribution in [0.3, 0.4) is 0 Å². The van der Waals surface area contributed by atoms with Crippen molar-refractivity contribution in [2.45, 2.75) is 43.9 Å². The van der Waals surface area contributed by atoms with Crippen molar-refractivity contribution in [1.82, 2.24) is 0 Å². The van der Waals surface area contributed by atoms with Crippen molar-refractivity contribution in [2.75, 3.05) is 13.7 Å². The molecule has 0 spiro atoms. The number of benzene rings is 1. The Morgan fingerprint density at radius 1 is 1.30 bits per heavy atom. The van der Waals surface area contributed by atoms with Crippen molar-refractivity contribution in [3.8, 4) is 0 Å². The monoisotopic (exact) mass is 276 g/mol. The van der Waals surface area contributed by atoms with Gasteiger partial charge in [-0.25, -0.2) is 0 Å². The van der Waals surface area contributed by atoms with Crippen LogP contribution in [0.5, 0.6) is 0 Å². The fourth-order valence-corrected chi connectivity index (χ4v) is 3.44. The lowest BCUT2D eigenvalue weighted by Crippen LogP contribution is -2.33. The van der Waals surface area contributed by atoms with Crippen LogP contribution in [0.4, 0.5) is 0 Å². The number of carbonyl (C=O) groups is 1. The van der Waals surface area contributed by atoms with Crippen molar-refractivity contribution < 1.29 is 14.6 Å². The van der Waals surface area contributed by atoms with Gasteiger partial charge in [0.25, 0.3) is 0 Å². The maximum absolute atomic E-state index is 11.4. The van der Waals surface area contributed by atoms with E-state index in [-0.39, 0.29) is 18.0 Å². The molecule has 1 N–H and O–H groups in total. The minimum Gasteiger partial charge on any atom is -0.469 e. The number of hydrogen-bond acceptors (Lipinski definition) is 3. The van der Waals surface area contributed by atoms with Crippen LogP contribution >= 0.6 is 0 Å². The summed E-state index contributed by atoms with van der Waals surface area (Å²) >= 11 is 0. The van der Waals surface area contributed by atoms with E-state index in [0.717, 1.165) is 32.1 Å². The smallest absolute Gasteiger partial charge is 0.305 e. The van der Waals surface area contributed by atoms with Crippen molar-refractivity contribution in [3.05, 3.63) is 35.9 Å². The first-order valence-electron chi connectivity index (χ1n) is 7.43. The molecule has 0 amide bonds. The highest BCUT2D eigenvalue weighted by Gasteiger charge is 2.36. The van der Waals surface area contributed by atoms with E-state index in [1.807, 2.05) is 6.07 Å². The summed E-state index contributed by atoms with van der Waals surface area (Å²) < 4.78 is 4.76. The van der Waals surface area contributed by atoms with Gasteiger partial charge in [0.15, 0.2) is 0 Å². The Hall–Kier alpha value is -1.35. The first-order valence-corrected chi connectivity index (χ1v) is 7.43. The number of aliphatic hydroxyl groups is 1. The van der Waals surface area contributed by atoms with Gasteiger partial charge in [0, 0.05) is 13.0 Å². The van der Waals surface area contributed by atoms with Crippen molar-refractivity contribution in [1.29, 1.82) is 0 Å². The third-order valence-corrected chi connectivity index (χ3v) is 4.72. The molecule has 0 unspecified atom stereocenters. The van der Waals surface area contributed by atoms with E-state index >= 15 is 0 Å². The first kappa shape index (κ1) is 15.0. The molecule has 3 heteroatoms. The molecule has 2 rings (SSSR count). The number of hydrogen-bond donors (Lipinski definition) is 1. The lowest BCUT2D eigenvalue weighted by molar-refractivity contribution is -0.142. The van der Waals surface area contributed by atoms with E-state index in [0.29, 0.717) is 12.3 Å². The average Bonchev–Trinajstić information content (AvgIpc) is 2.50. The van der Waals surface area contributed by atoms with Crippen LogP contribution in [0.1, 0.15) is 44.1 Å². The molecule has 1 aliphatic rings. The molecule has 1 aromatic carbocycles. The molecule has 1 fully saturated rings. The Kier molecular flexibility index (Phi) is 5.18. The van der Waals surface area contributed by atoms with Gasteiger partial charge in [-0.05, 0) is 49.0 Å². The lowest BCUT2D eigenvalue weighted by Gasteiger charge is -2.40. The Bertz CT molecular complexity index is 419. The molecule has 3 nitrogen and oxygen atoms in total. The summed E-state index contributed by atoms with van der Waals surface area (Å²) in [5.74, 6) is 0.322. The minimum atomic E-state index is -0.107. The van der Waals surface area contributed by atoms with E-state index in [9.17, 15) is 9.90 Å². The topological polar surface area (TPSA) is 46.5 Å². The second kappa shape index (κ2) is 6.89. The molecule has 0 saturated heterocycles. The number of carbonyl (C=O) groups excluding carboxylic acids is 1. The second-order valence-corrected chi connectivity index (χ2v) is 5.84. The Morgan fingerprint density at radius 2 is 1.95 bits per heavy atom. The minimum absolute atomic E-state index is 0.0859. The van der Waals surface area contributed by atoms with Crippen LogP contribution in [0.15, 0.2) is 30.3 Å². The normalized spacial score (nSPS) is 26.2. The molecule has 1 aliphatic carbocycles. The number of aliphatic hydroxyl groups excluding tert-OH is 1. The standard InChI is InChI=1S/C17H24O3/c1-20-16(19)13-14-7-9-17(10-8-14,11-12-18)15-5-3-2-4-6-15/h2-6,14,18H,7-13H2,1H3. The first-order chi connectivity index (χ1) is 9.70. The van der Waals surface area contributed by atoms with Crippen LogP contribution in [0, 0.1) is 5.92 Å². The fourth-order valence-electron chi connectivity index (χ4n) is 3.44. The number of ether oxygens (including phenoxy) is 1. The number of rotatable bonds is 5. The number of methoxy groups -OCH3 is 1. The molecule has 110 valence electrons. The molecule has 0 atom stereocenters. The van der Waals surface area contributed by atoms with E-state index in [4.69, 9.17) is 4.74 Å². The van der Waals surface area contributed by atoms with E-state index in [1.165, 1.54) is 12.7 Å². The van der Waals surface area contributed by atoms with Crippen molar-refractivity contribution in [2.24, 2.45) is 5.92 Å². The number of esters is 1. The van der Waals surface area contributed by atoms with Crippen LogP contribution in [0.25, 0.3) is 0 Å². The maximum Gasteiger partial charge on any atom is 0.305 e. The molecule has 20 heavy (non-hydrogen) atoms. The zero-order chi connectivity index (χ0) is 14.4. The summed E-state index contributed by atoms with van der Waals surface area (Å²) in [4.78, 5) is 11.4. The van der Waals surface area contributed by atoms with Crippen LogP contribution < -0.4 is 0 Å². The van der Waals surface area contributed by atoms with Crippen molar-refractivity contribution in [3.63, 3.8) is 0 Å². The van der Waals surface area contributed by atoms with E-state index < -0.39 is 0 Å². The Morgan fingerprint density at radius 3 is 2.50 bits per heavy atom. The van der Waals surface area contributed by atoms with Gasteiger partial charge in [0.1, 0.15) is 0 Å². The van der Waals surface area contributed by atoms with Gasteiger partial charge in [0.2, 0.25) is 0 Å². The third kappa shape index (κ3) is 3.40. The highest BCUT2D eigenvalue weighted by molar-refractivity contribution is 5.69. The largest absolute Gasteiger partial charge is 0.469 e. The molecular weight excluding hydrogens is 252 g/mol. The second-order valence-electron chi connectivity index (χ2n) is 5.84. The molecule has 0 aliphatic heterocycles. The van der Waals surface area contributed by atoms with Gasteiger partial charge in [-0.2, -0.15) is 0 Å². The molecule has 0 aromatic heterocycles.